The molecule has 1 atom stereocenters. The molecule has 162 valence electrons. The van der Waals surface area contributed by atoms with Crippen molar-refractivity contribution in [1.29, 1.82) is 0 Å². The van der Waals surface area contributed by atoms with E-state index in [4.69, 9.17) is 19.8 Å². The summed E-state index contributed by atoms with van der Waals surface area (Å²) in [7, 11) is 0. The highest BCUT2D eigenvalue weighted by atomic mass is 16.5. The van der Waals surface area contributed by atoms with E-state index in [-0.39, 0.29) is 5.92 Å². The predicted octanol–water partition coefficient (Wildman–Crippen LogP) is 5.93. The van der Waals surface area contributed by atoms with E-state index in [1.165, 1.54) is 0 Å². The summed E-state index contributed by atoms with van der Waals surface area (Å²) >= 11 is 0. The third-order valence-electron chi connectivity index (χ3n) is 6.34. The van der Waals surface area contributed by atoms with E-state index in [0.717, 1.165) is 50.2 Å². The first kappa shape index (κ1) is 18.9. The minimum atomic E-state index is -0.115. The molecule has 0 amide bonds. The number of hydrogen-bond donors (Lipinski definition) is 0. The molecular weight excluding hydrogens is 422 g/mol. The zero-order valence-corrected chi connectivity index (χ0v) is 18.4. The maximum Gasteiger partial charge on any atom is 0.228 e. The summed E-state index contributed by atoms with van der Waals surface area (Å²) in [6, 6.07) is 28.7. The lowest BCUT2D eigenvalue weighted by atomic mass is 9.83. The second-order valence-corrected chi connectivity index (χ2v) is 8.49. The summed E-state index contributed by atoms with van der Waals surface area (Å²) in [4.78, 5) is 14.4. The molecule has 1 unspecified atom stereocenters. The molecule has 7 rings (SSSR count). The number of aromatic nitrogens is 5. The minimum absolute atomic E-state index is 0.115. The summed E-state index contributed by atoms with van der Waals surface area (Å²) in [6.45, 7) is 1.99. The number of ether oxygens (including phenoxy) is 1. The van der Waals surface area contributed by atoms with Crippen LogP contribution in [0.1, 0.15) is 28.3 Å². The number of fused-ring (bicyclic) bond motifs is 6. The van der Waals surface area contributed by atoms with Gasteiger partial charge in [0.25, 0.3) is 0 Å². The third-order valence-corrected chi connectivity index (χ3v) is 6.34. The maximum absolute atomic E-state index is 6.47. The minimum Gasteiger partial charge on any atom is -0.436 e. The van der Waals surface area contributed by atoms with E-state index < -0.39 is 0 Å². The molecule has 3 aromatic heterocycles. The molecule has 4 heterocycles. The predicted molar refractivity (Wildman–Crippen MR) is 130 cm³/mol. The highest BCUT2D eigenvalue weighted by Gasteiger charge is 2.34. The van der Waals surface area contributed by atoms with Gasteiger partial charge in [0.2, 0.25) is 5.88 Å². The first-order valence-electron chi connectivity index (χ1n) is 11.2. The SMILES string of the molecule is Cc1ccc2ccc3c(c2n1)Oc1ncn2nc(-c4ccccc4)nc2c1C3c1ccccc1. The maximum atomic E-state index is 6.47. The lowest BCUT2D eigenvalue weighted by Gasteiger charge is -2.28. The van der Waals surface area contributed by atoms with Crippen molar-refractivity contribution in [2.45, 2.75) is 12.8 Å². The van der Waals surface area contributed by atoms with Crippen LogP contribution in [0.3, 0.4) is 0 Å². The van der Waals surface area contributed by atoms with Crippen molar-refractivity contribution < 1.29 is 4.74 Å². The second-order valence-electron chi connectivity index (χ2n) is 8.49. The molecule has 0 aliphatic carbocycles. The highest BCUT2D eigenvalue weighted by molar-refractivity contribution is 5.88. The van der Waals surface area contributed by atoms with E-state index in [0.29, 0.717) is 11.7 Å². The van der Waals surface area contributed by atoms with Gasteiger partial charge in [-0.3, -0.25) is 0 Å². The van der Waals surface area contributed by atoms with Crippen LogP contribution < -0.4 is 4.74 Å². The van der Waals surface area contributed by atoms with Gasteiger partial charge in [0.1, 0.15) is 11.8 Å². The summed E-state index contributed by atoms with van der Waals surface area (Å²) in [6.07, 6.45) is 1.67. The number of aryl methyl sites for hydroxylation is 1. The Bertz CT molecular complexity index is 1690. The zero-order chi connectivity index (χ0) is 22.6. The first-order valence-corrected chi connectivity index (χ1v) is 11.2. The largest absolute Gasteiger partial charge is 0.436 e. The molecular formula is C28H19N5O. The Labute approximate surface area is 195 Å². The number of nitrogens with zero attached hydrogens (tertiary/aromatic N) is 5. The average Bonchev–Trinajstić information content (AvgIpc) is 3.33. The van der Waals surface area contributed by atoms with Crippen LogP contribution >= 0.6 is 0 Å². The van der Waals surface area contributed by atoms with Crippen molar-refractivity contribution in [3.63, 3.8) is 0 Å². The number of pyridine rings is 1. The van der Waals surface area contributed by atoms with Gasteiger partial charge >= 0.3 is 0 Å². The Morgan fingerprint density at radius 1 is 0.824 bits per heavy atom. The van der Waals surface area contributed by atoms with Crippen LogP contribution in [0.25, 0.3) is 27.9 Å². The van der Waals surface area contributed by atoms with E-state index in [9.17, 15) is 0 Å². The molecule has 6 aromatic rings. The quantitative estimate of drug-likeness (QED) is 0.332. The van der Waals surface area contributed by atoms with Gasteiger partial charge in [-0.1, -0.05) is 78.9 Å². The van der Waals surface area contributed by atoms with Crippen LogP contribution in [-0.4, -0.2) is 24.6 Å². The van der Waals surface area contributed by atoms with E-state index in [1.54, 1.807) is 10.8 Å². The molecule has 0 saturated carbocycles. The van der Waals surface area contributed by atoms with Crippen molar-refractivity contribution in [2.75, 3.05) is 0 Å². The lowest BCUT2D eigenvalue weighted by Crippen LogP contribution is -2.15. The summed E-state index contributed by atoms with van der Waals surface area (Å²) < 4.78 is 8.21. The monoisotopic (exact) mass is 441 g/mol. The Hall–Kier alpha value is -4.58. The van der Waals surface area contributed by atoms with Crippen LogP contribution in [0.2, 0.25) is 0 Å². The van der Waals surface area contributed by atoms with Crippen LogP contribution in [0.4, 0.5) is 0 Å². The van der Waals surface area contributed by atoms with Crippen molar-refractivity contribution in [2.24, 2.45) is 0 Å². The molecule has 3 aromatic carbocycles. The molecule has 0 radical (unpaired) electrons. The van der Waals surface area contributed by atoms with Crippen molar-refractivity contribution in [3.05, 3.63) is 114 Å². The van der Waals surface area contributed by atoms with E-state index in [1.807, 2.05) is 49.4 Å². The number of hydrogen-bond acceptors (Lipinski definition) is 5. The molecule has 0 N–H and O–H groups in total. The molecule has 34 heavy (non-hydrogen) atoms. The molecule has 0 fully saturated rings. The zero-order valence-electron chi connectivity index (χ0n) is 18.4. The van der Waals surface area contributed by atoms with Crippen molar-refractivity contribution in [1.82, 2.24) is 24.6 Å². The van der Waals surface area contributed by atoms with E-state index in [2.05, 4.69) is 47.4 Å². The second kappa shape index (κ2) is 7.22. The molecule has 1 aliphatic rings. The normalized spacial score (nSPS) is 14.6. The highest BCUT2D eigenvalue weighted by Crippen LogP contribution is 2.49. The topological polar surface area (TPSA) is 65.2 Å². The van der Waals surface area contributed by atoms with Gasteiger partial charge in [0.15, 0.2) is 17.2 Å². The van der Waals surface area contributed by atoms with Gasteiger partial charge < -0.3 is 4.74 Å². The van der Waals surface area contributed by atoms with E-state index >= 15 is 0 Å². The summed E-state index contributed by atoms with van der Waals surface area (Å²) in [5.41, 5.74) is 6.57. The molecule has 1 aliphatic heterocycles. The number of benzene rings is 3. The Morgan fingerprint density at radius 2 is 1.59 bits per heavy atom. The van der Waals surface area contributed by atoms with Crippen LogP contribution in [0.5, 0.6) is 11.6 Å². The Balaban J connectivity index is 1.53. The summed E-state index contributed by atoms with van der Waals surface area (Å²) in [5.74, 6) is 1.83. The standard InChI is InChI=1S/C28H19N5O/c1-17-12-13-19-14-15-21-22(18-8-4-2-5-9-18)23-27-31-26(20-10-6-3-7-11-20)32-33(27)16-29-28(23)34-25(21)24(19)30-17/h2-16,22H,1H3. The van der Waals surface area contributed by atoms with Gasteiger partial charge in [0.05, 0.1) is 5.56 Å². The fourth-order valence-electron chi connectivity index (χ4n) is 4.76. The molecule has 6 nitrogen and oxygen atoms in total. The molecule has 0 saturated heterocycles. The first-order chi connectivity index (χ1) is 16.8. The molecule has 0 bridgehead atoms. The van der Waals surface area contributed by atoms with Gasteiger partial charge in [0, 0.05) is 28.1 Å². The number of rotatable bonds is 2. The molecule has 0 spiro atoms. The fraction of sp³-hybridized carbons (Fsp3) is 0.0714. The van der Waals surface area contributed by atoms with Crippen LogP contribution in [0.15, 0.2) is 91.3 Å². The lowest BCUT2D eigenvalue weighted by molar-refractivity contribution is 0.436. The Kier molecular flexibility index (Phi) is 4.02. The van der Waals surface area contributed by atoms with Gasteiger partial charge in [-0.05, 0) is 18.6 Å². The summed E-state index contributed by atoms with van der Waals surface area (Å²) in [5, 5.41) is 5.75. The van der Waals surface area contributed by atoms with Crippen molar-refractivity contribution in [3.8, 4) is 23.0 Å². The fourth-order valence-corrected chi connectivity index (χ4v) is 4.76. The Morgan fingerprint density at radius 3 is 2.41 bits per heavy atom. The van der Waals surface area contributed by atoms with Crippen LogP contribution in [-0.2, 0) is 0 Å². The average molecular weight is 441 g/mol. The van der Waals surface area contributed by atoms with Crippen LogP contribution in [0, 0.1) is 6.92 Å². The van der Waals surface area contributed by atoms with Gasteiger partial charge in [-0.15, -0.1) is 5.10 Å². The molecule has 6 heteroatoms. The third kappa shape index (κ3) is 2.82. The smallest absolute Gasteiger partial charge is 0.228 e. The van der Waals surface area contributed by atoms with Crippen molar-refractivity contribution >= 4 is 16.6 Å². The van der Waals surface area contributed by atoms with Gasteiger partial charge in [-0.2, -0.15) is 0 Å². The van der Waals surface area contributed by atoms with Gasteiger partial charge in [-0.25, -0.2) is 19.5 Å².